The number of cyclic esters (lactones) is 1. The Bertz CT molecular complexity index is 880. The maximum Gasteiger partial charge on any atom is 0.414 e. The van der Waals surface area contributed by atoms with Crippen LogP contribution in [0.25, 0.3) is 0 Å². The molecule has 2 saturated heterocycles. The summed E-state index contributed by atoms with van der Waals surface area (Å²) in [6.07, 6.45) is 1.17. The smallest absolute Gasteiger partial charge is 0.414 e. The number of hydrogen-bond acceptors (Lipinski definition) is 7. The molecule has 0 bridgehead atoms. The summed E-state index contributed by atoms with van der Waals surface area (Å²) in [7, 11) is 0. The van der Waals surface area contributed by atoms with Crippen LogP contribution in [0.2, 0.25) is 0 Å². The first-order valence-electron chi connectivity index (χ1n) is 8.68. The Hall–Kier alpha value is -2.91. The summed E-state index contributed by atoms with van der Waals surface area (Å²) in [5.41, 5.74) is 1.58. The highest BCUT2D eigenvalue weighted by molar-refractivity contribution is 8.26. The van der Waals surface area contributed by atoms with Gasteiger partial charge in [-0.25, -0.2) is 4.79 Å². The lowest BCUT2D eigenvalue weighted by Gasteiger charge is -2.23. The van der Waals surface area contributed by atoms with E-state index < -0.39 is 18.4 Å². The number of rotatable bonds is 6. The van der Waals surface area contributed by atoms with Gasteiger partial charge in [-0.1, -0.05) is 30.3 Å². The zero-order chi connectivity index (χ0) is 19.5. The summed E-state index contributed by atoms with van der Waals surface area (Å²) < 4.78 is 11.0. The molecule has 28 heavy (non-hydrogen) atoms. The van der Waals surface area contributed by atoms with Crippen molar-refractivity contribution in [2.75, 3.05) is 18.1 Å². The van der Waals surface area contributed by atoms with E-state index in [9.17, 15) is 14.4 Å². The van der Waals surface area contributed by atoms with Crippen molar-refractivity contribution in [1.82, 2.24) is 9.88 Å². The van der Waals surface area contributed by atoms with Crippen LogP contribution in [0.15, 0.2) is 54.9 Å². The molecule has 2 amide bonds. The van der Waals surface area contributed by atoms with Gasteiger partial charge in [-0.05, 0) is 17.7 Å². The number of benzene rings is 1. The second-order valence-corrected chi connectivity index (χ2v) is 7.26. The van der Waals surface area contributed by atoms with Crippen molar-refractivity contribution in [3.63, 3.8) is 0 Å². The van der Waals surface area contributed by atoms with Gasteiger partial charge >= 0.3 is 6.09 Å². The van der Waals surface area contributed by atoms with E-state index in [0.29, 0.717) is 24.0 Å². The van der Waals surface area contributed by atoms with Crippen LogP contribution in [0.5, 0.6) is 0 Å². The molecule has 144 valence electrons. The third-order valence-electron chi connectivity index (χ3n) is 4.39. The van der Waals surface area contributed by atoms with Gasteiger partial charge in [0, 0.05) is 30.7 Å². The number of ether oxygens (including phenoxy) is 2. The maximum absolute atomic E-state index is 12.2. The first kappa shape index (κ1) is 18.5. The molecule has 1 aromatic carbocycles. The van der Waals surface area contributed by atoms with Crippen molar-refractivity contribution >= 4 is 33.9 Å². The van der Waals surface area contributed by atoms with Crippen LogP contribution in [0.4, 0.5) is 15.3 Å². The number of pyridine rings is 1. The highest BCUT2D eigenvalue weighted by Crippen LogP contribution is 2.29. The second kappa shape index (κ2) is 7.99. The lowest BCUT2D eigenvalue weighted by Crippen LogP contribution is -2.39. The molecular formula is C19H17N3O5S. The highest BCUT2D eigenvalue weighted by Gasteiger charge is 2.42. The average molecular weight is 399 g/mol. The standard InChI is InChI=1S/C19H17N3O5S/c23-17-16(22(19(25)28-17)10-13-4-2-1-3-5-13)26-12-15-11-21(18(24)27-15)14-6-8-20-9-7-14/h1-9,15-16H,10-12H2. The molecule has 2 aromatic rings. The van der Waals surface area contributed by atoms with Gasteiger partial charge in [0.05, 0.1) is 18.8 Å². The van der Waals surface area contributed by atoms with Crippen LogP contribution < -0.4 is 4.90 Å². The maximum atomic E-state index is 12.2. The van der Waals surface area contributed by atoms with Crippen LogP contribution in [-0.4, -0.2) is 51.8 Å². The minimum atomic E-state index is -0.994. The van der Waals surface area contributed by atoms with Gasteiger partial charge in [-0.15, -0.1) is 0 Å². The summed E-state index contributed by atoms with van der Waals surface area (Å²) in [6.45, 7) is 0.586. The molecule has 2 unspecified atom stereocenters. The van der Waals surface area contributed by atoms with Crippen LogP contribution >= 0.6 is 11.8 Å². The SMILES string of the molecule is O=C1SC(=O)N(Cc2ccccc2)C1OCC1CN(c2ccncc2)C(=O)O1. The van der Waals surface area contributed by atoms with Gasteiger partial charge in [-0.3, -0.25) is 24.4 Å². The summed E-state index contributed by atoms with van der Waals surface area (Å²) >= 11 is 0.634. The van der Waals surface area contributed by atoms with Crippen LogP contribution in [0.1, 0.15) is 5.56 Å². The molecule has 0 radical (unpaired) electrons. The molecule has 9 heteroatoms. The number of nitrogens with zero attached hydrogens (tertiary/aromatic N) is 3. The van der Waals surface area contributed by atoms with E-state index in [1.54, 1.807) is 24.5 Å². The fraction of sp³-hybridized carbons (Fsp3) is 0.263. The third-order valence-corrected chi connectivity index (χ3v) is 5.20. The number of carbonyl (C=O) groups is 3. The molecule has 1 aromatic heterocycles. The van der Waals surface area contributed by atoms with Crippen LogP contribution in [-0.2, 0) is 20.8 Å². The first-order valence-corrected chi connectivity index (χ1v) is 9.49. The number of carbonyl (C=O) groups excluding carboxylic acids is 3. The zero-order valence-corrected chi connectivity index (χ0v) is 15.6. The molecule has 0 aliphatic carbocycles. The van der Waals surface area contributed by atoms with E-state index in [1.807, 2.05) is 30.3 Å². The molecular weight excluding hydrogens is 382 g/mol. The van der Waals surface area contributed by atoms with E-state index in [-0.39, 0.29) is 23.5 Å². The molecule has 4 rings (SSSR count). The number of thioether (sulfide) groups is 1. The number of anilines is 1. The molecule has 2 fully saturated rings. The lowest BCUT2D eigenvalue weighted by atomic mass is 10.2. The van der Waals surface area contributed by atoms with Gasteiger partial charge < -0.3 is 9.47 Å². The van der Waals surface area contributed by atoms with Gasteiger partial charge in [0.15, 0.2) is 0 Å². The summed E-state index contributed by atoms with van der Waals surface area (Å²) in [6, 6.07) is 12.8. The van der Waals surface area contributed by atoms with Gasteiger partial charge in [0.25, 0.3) is 5.24 Å². The van der Waals surface area contributed by atoms with Crippen LogP contribution in [0, 0.1) is 0 Å². The Morgan fingerprint density at radius 2 is 1.86 bits per heavy atom. The molecule has 0 N–H and O–H groups in total. The Balaban J connectivity index is 1.38. The van der Waals surface area contributed by atoms with Crippen molar-refractivity contribution in [2.45, 2.75) is 18.9 Å². The Morgan fingerprint density at radius 1 is 1.11 bits per heavy atom. The van der Waals surface area contributed by atoms with Crippen molar-refractivity contribution in [3.8, 4) is 0 Å². The molecule has 2 aliphatic heterocycles. The summed E-state index contributed by atoms with van der Waals surface area (Å²) in [4.78, 5) is 43.3. The third kappa shape index (κ3) is 3.85. The Morgan fingerprint density at radius 3 is 2.61 bits per heavy atom. The average Bonchev–Trinajstić information content (AvgIpc) is 3.21. The number of hydrogen-bond donors (Lipinski definition) is 0. The minimum absolute atomic E-state index is 0.0167. The highest BCUT2D eigenvalue weighted by atomic mass is 32.2. The predicted molar refractivity (Wildman–Crippen MR) is 102 cm³/mol. The molecule has 2 aliphatic rings. The van der Waals surface area contributed by atoms with E-state index in [2.05, 4.69) is 4.98 Å². The normalized spacial score (nSPS) is 22.1. The minimum Gasteiger partial charge on any atom is -0.441 e. The Kier molecular flexibility index (Phi) is 5.27. The summed E-state index contributed by atoms with van der Waals surface area (Å²) in [5.74, 6) is 0. The number of amides is 2. The molecule has 3 heterocycles. The molecule has 2 atom stereocenters. The lowest BCUT2D eigenvalue weighted by molar-refractivity contribution is -0.132. The van der Waals surface area contributed by atoms with Gasteiger partial charge in [-0.2, -0.15) is 0 Å². The van der Waals surface area contributed by atoms with Gasteiger partial charge in [0.1, 0.15) is 6.10 Å². The van der Waals surface area contributed by atoms with E-state index in [1.165, 1.54) is 9.80 Å². The fourth-order valence-corrected chi connectivity index (χ4v) is 3.79. The molecule has 0 spiro atoms. The molecule has 0 saturated carbocycles. The van der Waals surface area contributed by atoms with Crippen molar-refractivity contribution in [1.29, 1.82) is 0 Å². The van der Waals surface area contributed by atoms with Crippen molar-refractivity contribution in [2.24, 2.45) is 0 Å². The van der Waals surface area contributed by atoms with E-state index in [4.69, 9.17) is 9.47 Å². The van der Waals surface area contributed by atoms with E-state index in [0.717, 1.165) is 5.56 Å². The summed E-state index contributed by atoms with van der Waals surface area (Å²) in [5, 5.41) is -0.711. The second-order valence-electron chi connectivity index (χ2n) is 6.31. The van der Waals surface area contributed by atoms with E-state index >= 15 is 0 Å². The quantitative estimate of drug-likeness (QED) is 0.738. The first-order chi connectivity index (χ1) is 13.6. The zero-order valence-electron chi connectivity index (χ0n) is 14.8. The predicted octanol–water partition coefficient (Wildman–Crippen LogP) is 2.65. The number of aromatic nitrogens is 1. The van der Waals surface area contributed by atoms with Crippen molar-refractivity contribution < 1.29 is 23.9 Å². The van der Waals surface area contributed by atoms with Crippen LogP contribution in [0.3, 0.4) is 0 Å². The monoisotopic (exact) mass is 399 g/mol. The van der Waals surface area contributed by atoms with Gasteiger partial charge in [0.2, 0.25) is 11.3 Å². The fourth-order valence-electron chi connectivity index (χ4n) is 3.05. The topological polar surface area (TPSA) is 89.0 Å². The largest absolute Gasteiger partial charge is 0.441 e. The molecule has 8 nitrogen and oxygen atoms in total. The van der Waals surface area contributed by atoms with Crippen molar-refractivity contribution in [3.05, 3.63) is 60.4 Å². The Labute approximate surface area is 165 Å².